The molecule has 1 unspecified atom stereocenters. The van der Waals surface area contributed by atoms with E-state index in [0.717, 1.165) is 35.5 Å². The third-order valence-electron chi connectivity index (χ3n) is 5.03. The van der Waals surface area contributed by atoms with Crippen LogP contribution in [0.25, 0.3) is 20.7 Å². The summed E-state index contributed by atoms with van der Waals surface area (Å²) >= 11 is 1.42. The largest absolute Gasteiger partial charge is 0.466 e. The molecule has 4 heterocycles. The van der Waals surface area contributed by atoms with Crippen LogP contribution in [-0.4, -0.2) is 50.7 Å². The Balaban J connectivity index is 1.55. The molecule has 0 saturated carbocycles. The van der Waals surface area contributed by atoms with Crippen LogP contribution in [0.15, 0.2) is 17.1 Å². The third-order valence-corrected chi connectivity index (χ3v) is 6.18. The number of esters is 1. The van der Waals surface area contributed by atoms with Crippen LogP contribution >= 0.6 is 11.3 Å². The molecule has 1 aliphatic rings. The Bertz CT molecular complexity index is 1050. The van der Waals surface area contributed by atoms with Gasteiger partial charge >= 0.3 is 5.97 Å². The van der Waals surface area contributed by atoms with Gasteiger partial charge in [0.1, 0.15) is 10.5 Å². The minimum absolute atomic E-state index is 0.110. The Morgan fingerprint density at radius 2 is 2.32 bits per heavy atom. The molecule has 2 N–H and O–H groups in total. The number of nitrogens with one attached hydrogen (secondary N) is 2. The van der Waals surface area contributed by atoms with Crippen molar-refractivity contribution in [3.63, 3.8) is 0 Å². The lowest BCUT2D eigenvalue weighted by Crippen LogP contribution is -2.39. The number of rotatable bonds is 5. The van der Waals surface area contributed by atoms with Crippen LogP contribution in [0.1, 0.15) is 31.3 Å². The summed E-state index contributed by atoms with van der Waals surface area (Å²) in [6.07, 6.45) is 3.53. The monoisotopic (exact) mass is 401 g/mol. The number of carbonyl (C=O) groups is 1. The smallest absolute Gasteiger partial charge is 0.310 e. The second-order valence-corrected chi connectivity index (χ2v) is 8.12. The maximum Gasteiger partial charge on any atom is 0.310 e. The summed E-state index contributed by atoms with van der Waals surface area (Å²) in [4.78, 5) is 35.3. The van der Waals surface area contributed by atoms with Gasteiger partial charge in [-0.05, 0) is 39.3 Å². The molecule has 4 rings (SSSR count). The number of thiophene rings is 1. The van der Waals surface area contributed by atoms with Crippen molar-refractivity contribution in [2.75, 3.05) is 19.7 Å². The highest BCUT2D eigenvalue weighted by Crippen LogP contribution is 2.32. The SMILES string of the molecule is CCOC(=O)C1CCCN(Cc2nc3cc(-c4cn[nH]c4C)sc3c(=O)[nH]2)C1. The van der Waals surface area contributed by atoms with E-state index in [0.29, 0.717) is 35.7 Å². The zero-order valence-electron chi connectivity index (χ0n) is 15.9. The zero-order chi connectivity index (χ0) is 19.7. The van der Waals surface area contributed by atoms with Gasteiger partial charge in [-0.25, -0.2) is 4.98 Å². The summed E-state index contributed by atoms with van der Waals surface area (Å²) in [5, 5.41) is 6.97. The summed E-state index contributed by atoms with van der Waals surface area (Å²) in [6, 6.07) is 1.94. The Morgan fingerprint density at radius 3 is 3.07 bits per heavy atom. The van der Waals surface area contributed by atoms with Crippen molar-refractivity contribution in [1.29, 1.82) is 0 Å². The average Bonchev–Trinajstić information content (AvgIpc) is 3.28. The van der Waals surface area contributed by atoms with E-state index >= 15 is 0 Å². The van der Waals surface area contributed by atoms with Gasteiger partial charge in [0, 0.05) is 22.7 Å². The second kappa shape index (κ2) is 7.84. The van der Waals surface area contributed by atoms with Crippen molar-refractivity contribution in [2.45, 2.75) is 33.2 Å². The molecule has 0 spiro atoms. The molecule has 0 bridgehead atoms. The first kappa shape index (κ1) is 18.8. The Labute approximate surface area is 165 Å². The molecule has 3 aromatic heterocycles. The molecular weight excluding hydrogens is 378 g/mol. The van der Waals surface area contributed by atoms with Crippen molar-refractivity contribution in [3.05, 3.63) is 34.1 Å². The molecule has 1 atom stereocenters. The van der Waals surface area contributed by atoms with Gasteiger partial charge < -0.3 is 9.72 Å². The number of fused-ring (bicyclic) bond motifs is 1. The van der Waals surface area contributed by atoms with Gasteiger partial charge in [-0.1, -0.05) is 0 Å². The Hall–Kier alpha value is -2.52. The minimum Gasteiger partial charge on any atom is -0.466 e. The fourth-order valence-electron chi connectivity index (χ4n) is 3.66. The molecule has 1 fully saturated rings. The molecule has 1 aliphatic heterocycles. The third kappa shape index (κ3) is 3.72. The van der Waals surface area contributed by atoms with E-state index in [1.807, 2.05) is 19.9 Å². The number of aryl methyl sites for hydroxylation is 1. The van der Waals surface area contributed by atoms with Gasteiger partial charge in [0.05, 0.1) is 30.8 Å². The normalized spacial score (nSPS) is 17.9. The number of nitrogens with zero attached hydrogens (tertiary/aromatic N) is 3. The molecule has 0 radical (unpaired) electrons. The van der Waals surface area contributed by atoms with Crippen LogP contribution in [0.2, 0.25) is 0 Å². The number of likely N-dealkylation sites (tertiary alicyclic amines) is 1. The van der Waals surface area contributed by atoms with Gasteiger partial charge in [0.2, 0.25) is 0 Å². The predicted octanol–water partition coefficient (Wildman–Crippen LogP) is 2.46. The number of ether oxygens (including phenoxy) is 1. The van der Waals surface area contributed by atoms with Crippen molar-refractivity contribution in [1.82, 2.24) is 25.1 Å². The van der Waals surface area contributed by atoms with E-state index in [1.54, 1.807) is 6.20 Å². The molecule has 28 heavy (non-hydrogen) atoms. The van der Waals surface area contributed by atoms with E-state index in [2.05, 4.69) is 25.1 Å². The number of carbonyl (C=O) groups excluding carboxylic acids is 1. The standard InChI is InChI=1S/C19H23N5O3S/c1-3-27-19(26)12-5-4-6-24(9-12)10-16-21-14-7-15(13-8-20-23-11(13)2)28-17(14)18(25)22-16/h7-8,12H,3-6,9-10H2,1-2H3,(H,20,23)(H,21,22,25). The topological polar surface area (TPSA) is 104 Å². The van der Waals surface area contributed by atoms with Crippen LogP contribution < -0.4 is 5.56 Å². The average molecular weight is 401 g/mol. The quantitative estimate of drug-likeness (QED) is 0.637. The molecule has 0 aliphatic carbocycles. The second-order valence-electron chi connectivity index (χ2n) is 7.07. The first-order valence-electron chi connectivity index (χ1n) is 9.47. The van der Waals surface area contributed by atoms with Crippen molar-refractivity contribution < 1.29 is 9.53 Å². The summed E-state index contributed by atoms with van der Waals surface area (Å²) in [7, 11) is 0. The first-order chi connectivity index (χ1) is 13.5. The molecule has 0 aromatic carbocycles. The first-order valence-corrected chi connectivity index (χ1v) is 10.3. The summed E-state index contributed by atoms with van der Waals surface area (Å²) in [6.45, 7) is 6.19. The number of hydrogen-bond donors (Lipinski definition) is 2. The number of H-pyrrole nitrogens is 2. The molecule has 8 nitrogen and oxygen atoms in total. The summed E-state index contributed by atoms with van der Waals surface area (Å²) in [5.41, 5.74) is 2.51. The van der Waals surface area contributed by atoms with Crippen molar-refractivity contribution in [3.8, 4) is 10.4 Å². The van der Waals surface area contributed by atoms with E-state index in [4.69, 9.17) is 4.74 Å². The highest BCUT2D eigenvalue weighted by atomic mass is 32.1. The number of aromatic nitrogens is 4. The Kier molecular flexibility index (Phi) is 5.27. The van der Waals surface area contributed by atoms with E-state index < -0.39 is 0 Å². The highest BCUT2D eigenvalue weighted by molar-refractivity contribution is 7.22. The van der Waals surface area contributed by atoms with Gasteiger partial charge in [0.25, 0.3) is 5.56 Å². The van der Waals surface area contributed by atoms with Gasteiger partial charge in [0.15, 0.2) is 0 Å². The van der Waals surface area contributed by atoms with Gasteiger partial charge in [-0.15, -0.1) is 11.3 Å². The maximum absolute atomic E-state index is 12.6. The number of hydrogen-bond acceptors (Lipinski definition) is 7. The predicted molar refractivity (Wildman–Crippen MR) is 107 cm³/mol. The molecule has 3 aromatic rings. The lowest BCUT2D eigenvalue weighted by molar-refractivity contribution is -0.150. The van der Waals surface area contributed by atoms with E-state index in [-0.39, 0.29) is 17.4 Å². The molecule has 148 valence electrons. The van der Waals surface area contributed by atoms with Gasteiger partial charge in [-0.2, -0.15) is 5.10 Å². The van der Waals surface area contributed by atoms with Crippen LogP contribution in [-0.2, 0) is 16.1 Å². The lowest BCUT2D eigenvalue weighted by atomic mass is 9.98. The minimum atomic E-state index is -0.137. The molecule has 0 amide bonds. The molecular formula is C19H23N5O3S. The number of aromatic amines is 2. The van der Waals surface area contributed by atoms with Crippen molar-refractivity contribution in [2.24, 2.45) is 5.92 Å². The number of piperidine rings is 1. The van der Waals surface area contributed by atoms with Crippen LogP contribution in [0.3, 0.4) is 0 Å². The van der Waals surface area contributed by atoms with Crippen LogP contribution in [0.5, 0.6) is 0 Å². The summed E-state index contributed by atoms with van der Waals surface area (Å²) in [5.74, 6) is 0.373. The maximum atomic E-state index is 12.6. The van der Waals surface area contributed by atoms with Gasteiger partial charge in [-0.3, -0.25) is 19.6 Å². The highest BCUT2D eigenvalue weighted by Gasteiger charge is 2.27. The Morgan fingerprint density at radius 1 is 1.46 bits per heavy atom. The zero-order valence-corrected chi connectivity index (χ0v) is 16.8. The van der Waals surface area contributed by atoms with E-state index in [1.165, 1.54) is 11.3 Å². The molecule has 1 saturated heterocycles. The lowest BCUT2D eigenvalue weighted by Gasteiger charge is -2.30. The fraction of sp³-hybridized carbons (Fsp3) is 0.474. The van der Waals surface area contributed by atoms with E-state index in [9.17, 15) is 9.59 Å². The molecule has 9 heteroatoms. The van der Waals surface area contributed by atoms with Crippen molar-refractivity contribution >= 4 is 27.5 Å². The van der Waals surface area contributed by atoms with Crippen LogP contribution in [0.4, 0.5) is 0 Å². The van der Waals surface area contributed by atoms with Crippen LogP contribution in [0, 0.1) is 12.8 Å². The fourth-order valence-corrected chi connectivity index (χ4v) is 4.72. The summed E-state index contributed by atoms with van der Waals surface area (Å²) < 4.78 is 5.77.